The zero-order valence-electron chi connectivity index (χ0n) is 24.4. The summed E-state index contributed by atoms with van der Waals surface area (Å²) in [6.07, 6.45) is 0.943. The Morgan fingerprint density at radius 3 is 2.20 bits per heavy atom. The molecule has 0 bridgehead atoms. The monoisotopic (exact) mass is 558 g/mol. The second-order valence-electron chi connectivity index (χ2n) is 12.7. The SMILES string of the molecule is CC(=O)C1=C(O)C(C(C)C)[C@@]2(C)[C@H](CCc3ccccc3)[C@]3(C)C(=C(O)[C@@]2(O)C1=O)C(=O)c1c(O)cccc1[C@H]3C. The molecule has 7 heteroatoms. The van der Waals surface area contributed by atoms with Crippen LogP contribution >= 0.6 is 0 Å². The van der Waals surface area contributed by atoms with Crippen molar-refractivity contribution in [3.05, 3.63) is 87.9 Å². The van der Waals surface area contributed by atoms with Gasteiger partial charge in [0.2, 0.25) is 5.78 Å². The molecule has 0 saturated carbocycles. The van der Waals surface area contributed by atoms with Gasteiger partial charge in [0.25, 0.3) is 0 Å². The van der Waals surface area contributed by atoms with Crippen molar-refractivity contribution in [1.29, 1.82) is 0 Å². The number of aromatic hydroxyl groups is 1. The summed E-state index contributed by atoms with van der Waals surface area (Å²) in [6, 6.07) is 14.6. The first-order valence-electron chi connectivity index (χ1n) is 14.2. The van der Waals surface area contributed by atoms with Crippen molar-refractivity contribution in [2.75, 3.05) is 0 Å². The van der Waals surface area contributed by atoms with Crippen molar-refractivity contribution in [2.45, 2.75) is 65.9 Å². The van der Waals surface area contributed by atoms with Crippen molar-refractivity contribution in [3.63, 3.8) is 0 Å². The number of benzene rings is 2. The van der Waals surface area contributed by atoms with Crippen LogP contribution < -0.4 is 0 Å². The number of allylic oxidation sites excluding steroid dienone is 2. The molecule has 2 aromatic carbocycles. The minimum absolute atomic E-state index is 0.0295. The van der Waals surface area contributed by atoms with Gasteiger partial charge in [-0.2, -0.15) is 0 Å². The Hall–Kier alpha value is -3.71. The molecule has 3 aliphatic rings. The van der Waals surface area contributed by atoms with E-state index in [0.717, 1.165) is 12.5 Å². The van der Waals surface area contributed by atoms with Crippen LogP contribution in [0.25, 0.3) is 0 Å². The molecule has 0 aliphatic heterocycles. The third-order valence-electron chi connectivity index (χ3n) is 10.6. The lowest BCUT2D eigenvalue weighted by atomic mass is 9.38. The first-order valence-corrected chi connectivity index (χ1v) is 14.2. The van der Waals surface area contributed by atoms with Gasteiger partial charge in [-0.25, -0.2) is 0 Å². The third kappa shape index (κ3) is 3.51. The van der Waals surface area contributed by atoms with Gasteiger partial charge in [-0.15, -0.1) is 0 Å². The first kappa shape index (κ1) is 28.8. The molecule has 41 heavy (non-hydrogen) atoms. The number of phenolic OH excluding ortho intramolecular Hbond substituents is 1. The summed E-state index contributed by atoms with van der Waals surface area (Å²) in [5, 5.41) is 47.0. The molecule has 6 atom stereocenters. The highest BCUT2D eigenvalue weighted by Crippen LogP contribution is 2.71. The van der Waals surface area contributed by atoms with Gasteiger partial charge in [0, 0.05) is 22.3 Å². The summed E-state index contributed by atoms with van der Waals surface area (Å²) in [7, 11) is 0. The molecule has 0 amide bonds. The molecule has 0 heterocycles. The van der Waals surface area contributed by atoms with E-state index in [9.17, 15) is 34.8 Å². The molecular weight excluding hydrogens is 520 g/mol. The maximum Gasteiger partial charge on any atom is 0.209 e. The summed E-state index contributed by atoms with van der Waals surface area (Å²) in [5.74, 6) is -6.23. The first-order chi connectivity index (χ1) is 19.2. The highest BCUT2D eigenvalue weighted by molar-refractivity contribution is 6.25. The van der Waals surface area contributed by atoms with Crippen molar-refractivity contribution in [3.8, 4) is 5.75 Å². The van der Waals surface area contributed by atoms with E-state index in [1.54, 1.807) is 19.1 Å². The van der Waals surface area contributed by atoms with Gasteiger partial charge in [-0.1, -0.05) is 77.1 Å². The van der Waals surface area contributed by atoms with Crippen LogP contribution in [0.15, 0.2) is 71.2 Å². The van der Waals surface area contributed by atoms with Crippen LogP contribution in [0.1, 0.15) is 75.4 Å². The van der Waals surface area contributed by atoms with Crippen LogP contribution in [0, 0.1) is 28.6 Å². The summed E-state index contributed by atoms with van der Waals surface area (Å²) < 4.78 is 0. The van der Waals surface area contributed by atoms with E-state index in [2.05, 4.69) is 0 Å². The number of hydrogen-bond donors (Lipinski definition) is 4. The Balaban J connectivity index is 1.90. The Bertz CT molecular complexity index is 1530. The van der Waals surface area contributed by atoms with E-state index >= 15 is 0 Å². The zero-order valence-corrected chi connectivity index (χ0v) is 24.4. The van der Waals surface area contributed by atoms with Crippen LogP contribution in [-0.4, -0.2) is 43.4 Å². The lowest BCUT2D eigenvalue weighted by molar-refractivity contribution is -0.193. The average Bonchev–Trinajstić information content (AvgIpc) is 2.90. The van der Waals surface area contributed by atoms with Gasteiger partial charge in [-0.3, -0.25) is 14.4 Å². The van der Waals surface area contributed by atoms with Crippen LogP contribution in [0.4, 0.5) is 0 Å². The van der Waals surface area contributed by atoms with Gasteiger partial charge in [0.15, 0.2) is 17.2 Å². The van der Waals surface area contributed by atoms with Crippen LogP contribution in [-0.2, 0) is 16.0 Å². The Labute approximate surface area is 240 Å². The highest BCUT2D eigenvalue weighted by atomic mass is 16.3. The number of aliphatic hydroxyl groups is 3. The number of ketones is 3. The summed E-state index contributed by atoms with van der Waals surface area (Å²) in [6.45, 7) is 10.3. The lowest BCUT2D eigenvalue weighted by Crippen LogP contribution is -2.71. The van der Waals surface area contributed by atoms with Gasteiger partial charge >= 0.3 is 0 Å². The van der Waals surface area contributed by atoms with Crippen molar-refractivity contribution in [2.24, 2.45) is 28.6 Å². The minimum Gasteiger partial charge on any atom is -0.511 e. The smallest absolute Gasteiger partial charge is 0.209 e. The number of aryl methyl sites for hydroxylation is 1. The fourth-order valence-electron chi connectivity index (χ4n) is 8.66. The lowest BCUT2D eigenvalue weighted by Gasteiger charge is -2.65. The molecule has 5 rings (SSSR count). The zero-order chi connectivity index (χ0) is 30.2. The fourth-order valence-corrected chi connectivity index (χ4v) is 8.66. The van der Waals surface area contributed by atoms with Gasteiger partial charge < -0.3 is 20.4 Å². The summed E-state index contributed by atoms with van der Waals surface area (Å²) in [4.78, 5) is 41.2. The van der Waals surface area contributed by atoms with Crippen molar-refractivity contribution in [1.82, 2.24) is 0 Å². The fraction of sp³-hybridized carbons (Fsp3) is 0.441. The number of hydrogen-bond acceptors (Lipinski definition) is 7. The number of aliphatic hydroxyl groups excluding tert-OH is 2. The number of Topliss-reactive ketones (excluding diaryl/α,β-unsaturated/α-hetero) is 3. The molecule has 0 saturated heterocycles. The standard InChI is InChI=1S/C34H38O7/c1-17(2)26-28(37)24(19(4)35)30(39)34(41)31(40)27-29(38)25-21(13-10-14-22(25)36)18(3)32(27,5)23(33(26,34)6)16-15-20-11-8-7-9-12-20/h7-14,17-18,23,26,36-37,40-41H,15-16H2,1-6H3/t18-,23-,26?,32-,33-,34+/m1/s1. The molecule has 4 N–H and O–H groups in total. The largest absolute Gasteiger partial charge is 0.511 e. The van der Waals surface area contributed by atoms with E-state index < -0.39 is 62.9 Å². The Morgan fingerprint density at radius 2 is 1.61 bits per heavy atom. The molecule has 1 unspecified atom stereocenters. The summed E-state index contributed by atoms with van der Waals surface area (Å²) >= 11 is 0. The van der Waals surface area contributed by atoms with Crippen molar-refractivity contribution >= 4 is 17.3 Å². The number of carbonyl (C=O) groups is 3. The maximum atomic E-state index is 14.2. The van der Waals surface area contributed by atoms with Crippen LogP contribution in [0.2, 0.25) is 0 Å². The van der Waals surface area contributed by atoms with Gasteiger partial charge in [0.1, 0.15) is 22.8 Å². The molecule has 2 aromatic rings. The molecule has 0 spiro atoms. The number of fused-ring (bicyclic) bond motifs is 3. The number of carbonyl (C=O) groups excluding carboxylic acids is 3. The highest BCUT2D eigenvalue weighted by Gasteiger charge is 2.75. The molecular formula is C34H38O7. The van der Waals surface area contributed by atoms with Gasteiger partial charge in [0.05, 0.1) is 5.56 Å². The van der Waals surface area contributed by atoms with Crippen molar-refractivity contribution < 1.29 is 34.8 Å². The number of phenols is 1. The number of rotatable bonds is 5. The van der Waals surface area contributed by atoms with E-state index in [-0.39, 0.29) is 28.6 Å². The third-order valence-corrected chi connectivity index (χ3v) is 10.6. The molecule has 0 fully saturated rings. The molecule has 0 radical (unpaired) electrons. The predicted octanol–water partition coefficient (Wildman–Crippen LogP) is 5.77. The van der Waals surface area contributed by atoms with E-state index in [0.29, 0.717) is 18.4 Å². The minimum atomic E-state index is -2.66. The Kier molecular flexibility index (Phi) is 6.61. The average molecular weight is 559 g/mol. The van der Waals surface area contributed by atoms with Crippen LogP contribution in [0.5, 0.6) is 5.75 Å². The maximum absolute atomic E-state index is 14.2. The molecule has 216 valence electrons. The second-order valence-corrected chi connectivity index (χ2v) is 12.7. The molecule has 3 aliphatic carbocycles. The van der Waals surface area contributed by atoms with Crippen LogP contribution in [0.3, 0.4) is 0 Å². The topological polar surface area (TPSA) is 132 Å². The van der Waals surface area contributed by atoms with E-state index in [1.807, 2.05) is 58.0 Å². The van der Waals surface area contributed by atoms with E-state index in [4.69, 9.17) is 0 Å². The summed E-state index contributed by atoms with van der Waals surface area (Å²) in [5.41, 5.74) is -4.31. The molecule has 7 nitrogen and oxygen atoms in total. The molecule has 0 aromatic heterocycles. The Morgan fingerprint density at radius 1 is 0.976 bits per heavy atom. The second kappa shape index (κ2) is 9.41. The normalized spacial score (nSPS) is 33.0. The van der Waals surface area contributed by atoms with Gasteiger partial charge in [-0.05, 0) is 54.7 Å². The predicted molar refractivity (Wildman–Crippen MR) is 154 cm³/mol. The quantitative estimate of drug-likeness (QED) is 0.343. The van der Waals surface area contributed by atoms with E-state index in [1.165, 1.54) is 6.07 Å².